The Hall–Kier alpha value is -0.670. The average molecular weight is 401 g/mol. The fraction of sp³-hybridized carbons (Fsp3) is 0.417. The molecule has 1 rings (SSSR count). The molecule has 118 valence electrons. The van der Waals surface area contributed by atoms with Gasteiger partial charge in [-0.3, -0.25) is 0 Å². The minimum absolute atomic E-state index is 0.0659. The fourth-order valence-electron chi connectivity index (χ4n) is 1.66. The number of aliphatic hydroxyl groups excluding tert-OH is 1. The quantitative estimate of drug-likeness (QED) is 0.651. The van der Waals surface area contributed by atoms with Crippen LogP contribution < -0.4 is 4.72 Å². The zero-order valence-electron chi connectivity index (χ0n) is 11.1. The summed E-state index contributed by atoms with van der Waals surface area (Å²) in [4.78, 5) is 10.9. The highest BCUT2D eigenvalue weighted by atomic mass is 79.9. The van der Waals surface area contributed by atoms with Crippen LogP contribution in [-0.4, -0.2) is 37.2 Å². The lowest BCUT2D eigenvalue weighted by Crippen LogP contribution is -2.35. The van der Waals surface area contributed by atoms with E-state index in [-0.39, 0.29) is 33.0 Å². The molecule has 0 saturated heterocycles. The monoisotopic (exact) mass is 399 g/mol. The Morgan fingerprint density at radius 3 is 2.57 bits per heavy atom. The van der Waals surface area contributed by atoms with Gasteiger partial charge < -0.3 is 10.2 Å². The van der Waals surface area contributed by atoms with Gasteiger partial charge in [-0.1, -0.05) is 18.5 Å². The third-order valence-corrected chi connectivity index (χ3v) is 5.60. The van der Waals surface area contributed by atoms with Gasteiger partial charge in [0.05, 0.1) is 15.5 Å². The van der Waals surface area contributed by atoms with Crippen molar-refractivity contribution in [3.8, 4) is 0 Å². The molecular weight excluding hydrogens is 386 g/mol. The van der Waals surface area contributed by atoms with Crippen molar-refractivity contribution in [3.63, 3.8) is 0 Å². The van der Waals surface area contributed by atoms with Crippen molar-refractivity contribution in [2.24, 2.45) is 0 Å². The van der Waals surface area contributed by atoms with E-state index >= 15 is 0 Å². The van der Waals surface area contributed by atoms with Crippen LogP contribution in [-0.2, 0) is 10.0 Å². The maximum absolute atomic E-state index is 12.3. The number of benzene rings is 1. The topological polar surface area (TPSA) is 104 Å². The summed E-state index contributed by atoms with van der Waals surface area (Å²) in [6, 6.07) is 1.81. The highest BCUT2D eigenvalue weighted by Crippen LogP contribution is 2.30. The fourth-order valence-corrected chi connectivity index (χ4v) is 3.87. The number of carboxylic acids is 1. The summed E-state index contributed by atoms with van der Waals surface area (Å²) >= 11 is 8.86. The second kappa shape index (κ2) is 7.55. The third kappa shape index (κ3) is 4.65. The van der Waals surface area contributed by atoms with Crippen LogP contribution in [0.2, 0.25) is 5.02 Å². The largest absolute Gasteiger partial charge is 0.478 e. The van der Waals surface area contributed by atoms with Gasteiger partial charge in [-0.25, -0.2) is 17.9 Å². The number of hydrogen-bond acceptors (Lipinski definition) is 4. The SMILES string of the molecule is CCC(CCO)NS(=O)(=O)c1cc(Br)c(Cl)c(C(=O)O)c1. The van der Waals surface area contributed by atoms with E-state index in [9.17, 15) is 13.2 Å². The van der Waals surface area contributed by atoms with Crippen LogP contribution >= 0.6 is 27.5 Å². The van der Waals surface area contributed by atoms with Crippen molar-refractivity contribution in [1.29, 1.82) is 0 Å². The molecule has 3 N–H and O–H groups in total. The normalized spacial score (nSPS) is 13.1. The molecule has 0 amide bonds. The zero-order chi connectivity index (χ0) is 16.2. The molecule has 0 aliphatic carbocycles. The Bertz CT molecular complexity index is 635. The number of hydrogen-bond donors (Lipinski definition) is 3. The Balaban J connectivity index is 3.23. The molecule has 0 spiro atoms. The van der Waals surface area contributed by atoms with E-state index in [0.717, 1.165) is 6.07 Å². The standard InChI is InChI=1S/C12H15BrClNO5S/c1-2-7(3-4-16)15-21(19,20)8-5-9(12(17)18)11(14)10(13)6-8/h5-7,15-16H,2-4H2,1H3,(H,17,18). The third-order valence-electron chi connectivity index (χ3n) is 2.83. The van der Waals surface area contributed by atoms with Crippen LogP contribution in [0.3, 0.4) is 0 Å². The van der Waals surface area contributed by atoms with Gasteiger partial charge >= 0.3 is 5.97 Å². The summed E-state index contributed by atoms with van der Waals surface area (Å²) in [5, 5.41) is 17.9. The average Bonchev–Trinajstić information content (AvgIpc) is 2.40. The highest BCUT2D eigenvalue weighted by molar-refractivity contribution is 9.10. The number of carbonyl (C=O) groups is 1. The summed E-state index contributed by atoms with van der Waals surface area (Å²) in [7, 11) is -3.90. The predicted molar refractivity (Wildman–Crippen MR) is 82.2 cm³/mol. The number of aliphatic hydroxyl groups is 1. The van der Waals surface area contributed by atoms with Crippen LogP contribution in [0.4, 0.5) is 0 Å². The van der Waals surface area contributed by atoms with Crippen molar-refractivity contribution in [1.82, 2.24) is 4.72 Å². The molecule has 0 fully saturated rings. The number of rotatable bonds is 7. The van der Waals surface area contributed by atoms with Crippen LogP contribution in [0, 0.1) is 0 Å². The minimum atomic E-state index is -3.90. The summed E-state index contributed by atoms with van der Waals surface area (Å²) < 4.78 is 27.1. The smallest absolute Gasteiger partial charge is 0.337 e. The van der Waals surface area contributed by atoms with E-state index in [2.05, 4.69) is 20.7 Å². The molecule has 1 aromatic rings. The van der Waals surface area contributed by atoms with E-state index in [0.29, 0.717) is 6.42 Å². The van der Waals surface area contributed by atoms with Gasteiger partial charge in [0.1, 0.15) is 0 Å². The van der Waals surface area contributed by atoms with Crippen LogP contribution in [0.25, 0.3) is 0 Å². The first-order chi connectivity index (χ1) is 9.72. The Labute approximate surface area is 136 Å². The maximum Gasteiger partial charge on any atom is 0.337 e. The molecule has 6 nitrogen and oxygen atoms in total. The molecule has 0 aliphatic rings. The van der Waals surface area contributed by atoms with Gasteiger partial charge in [0.25, 0.3) is 0 Å². The number of aromatic carboxylic acids is 1. The lowest BCUT2D eigenvalue weighted by molar-refractivity contribution is 0.0696. The first-order valence-electron chi connectivity index (χ1n) is 6.08. The molecular formula is C12H15BrClNO5S. The van der Waals surface area contributed by atoms with Gasteiger partial charge in [-0.2, -0.15) is 0 Å². The molecule has 0 radical (unpaired) electrons. The van der Waals surface area contributed by atoms with Crippen molar-refractivity contribution in [3.05, 3.63) is 27.2 Å². The molecule has 1 unspecified atom stereocenters. The zero-order valence-corrected chi connectivity index (χ0v) is 14.3. The Morgan fingerprint density at radius 2 is 2.10 bits per heavy atom. The van der Waals surface area contributed by atoms with Crippen molar-refractivity contribution in [2.45, 2.75) is 30.7 Å². The van der Waals surface area contributed by atoms with E-state index in [4.69, 9.17) is 21.8 Å². The lowest BCUT2D eigenvalue weighted by Gasteiger charge is -2.16. The van der Waals surface area contributed by atoms with Crippen molar-refractivity contribution >= 4 is 43.5 Å². The Kier molecular flexibility index (Phi) is 6.61. The molecule has 1 atom stereocenters. The number of nitrogens with one attached hydrogen (secondary N) is 1. The van der Waals surface area contributed by atoms with Crippen LogP contribution in [0.1, 0.15) is 30.1 Å². The molecule has 9 heteroatoms. The predicted octanol–water partition coefficient (Wildman–Crippen LogP) is 2.24. The van der Waals surface area contributed by atoms with Crippen molar-refractivity contribution < 1.29 is 23.4 Å². The second-order valence-electron chi connectivity index (χ2n) is 4.31. The van der Waals surface area contributed by atoms with E-state index < -0.39 is 22.0 Å². The number of carboxylic acid groups (broad SMARTS) is 1. The first-order valence-corrected chi connectivity index (χ1v) is 8.73. The molecule has 1 aromatic carbocycles. The minimum Gasteiger partial charge on any atom is -0.478 e. The number of halogens is 2. The molecule has 0 heterocycles. The van der Waals surface area contributed by atoms with Gasteiger partial charge in [-0.15, -0.1) is 0 Å². The van der Waals surface area contributed by atoms with Gasteiger partial charge in [-0.05, 0) is 40.9 Å². The Morgan fingerprint density at radius 1 is 1.48 bits per heavy atom. The summed E-state index contributed by atoms with van der Waals surface area (Å²) in [6.07, 6.45) is 0.774. The van der Waals surface area contributed by atoms with Crippen LogP contribution in [0.15, 0.2) is 21.5 Å². The molecule has 0 bridgehead atoms. The maximum atomic E-state index is 12.3. The number of sulfonamides is 1. The van der Waals surface area contributed by atoms with E-state index in [1.165, 1.54) is 6.07 Å². The summed E-state index contributed by atoms with van der Waals surface area (Å²) in [5.74, 6) is -1.32. The van der Waals surface area contributed by atoms with Crippen LogP contribution in [0.5, 0.6) is 0 Å². The molecule has 0 aromatic heterocycles. The molecule has 21 heavy (non-hydrogen) atoms. The van der Waals surface area contributed by atoms with Gasteiger partial charge in [0.15, 0.2) is 0 Å². The lowest BCUT2D eigenvalue weighted by atomic mass is 10.2. The van der Waals surface area contributed by atoms with E-state index in [1.807, 2.05) is 0 Å². The molecule has 0 saturated carbocycles. The van der Waals surface area contributed by atoms with Crippen molar-refractivity contribution in [2.75, 3.05) is 6.61 Å². The summed E-state index contributed by atoms with van der Waals surface area (Å²) in [6.45, 7) is 1.63. The first kappa shape index (κ1) is 18.4. The van der Waals surface area contributed by atoms with Gasteiger partial charge in [0, 0.05) is 17.1 Å². The van der Waals surface area contributed by atoms with E-state index in [1.54, 1.807) is 6.92 Å². The summed E-state index contributed by atoms with van der Waals surface area (Å²) in [5.41, 5.74) is -0.304. The highest BCUT2D eigenvalue weighted by Gasteiger charge is 2.23. The van der Waals surface area contributed by atoms with Gasteiger partial charge in [0.2, 0.25) is 10.0 Å². The molecule has 0 aliphatic heterocycles. The second-order valence-corrected chi connectivity index (χ2v) is 7.26.